The van der Waals surface area contributed by atoms with Crippen LogP contribution in [0.1, 0.15) is 40.2 Å². The van der Waals surface area contributed by atoms with Gasteiger partial charge in [0.05, 0.1) is 23.8 Å². The Labute approximate surface area is 206 Å². The number of hydrogen-bond donors (Lipinski definition) is 0. The first kappa shape index (κ1) is 22.3. The predicted molar refractivity (Wildman–Crippen MR) is 127 cm³/mol. The first-order valence-corrected chi connectivity index (χ1v) is 12.0. The molecule has 36 heavy (non-hydrogen) atoms. The summed E-state index contributed by atoms with van der Waals surface area (Å²) >= 11 is 0. The molecule has 8 heteroatoms. The number of imide groups is 1. The molecular formula is C28H23NO7. The number of Topliss-reactive ketones (excluding diaryl/α,β-unsaturated/α-hetero) is 1. The summed E-state index contributed by atoms with van der Waals surface area (Å²) in [6.45, 7) is -0.281. The highest BCUT2D eigenvalue weighted by atomic mass is 16.5. The van der Waals surface area contributed by atoms with Crippen LogP contribution >= 0.6 is 0 Å². The molecule has 0 N–H and O–H groups in total. The van der Waals surface area contributed by atoms with Crippen molar-refractivity contribution in [2.75, 3.05) is 11.5 Å². The van der Waals surface area contributed by atoms with Crippen LogP contribution in [0.25, 0.3) is 0 Å². The Hall–Kier alpha value is -4.20. The fraction of sp³-hybridized carbons (Fsp3) is 0.286. The number of nitrogens with zero attached hydrogens (tertiary/aromatic N) is 1. The molecule has 182 valence electrons. The molecule has 3 aromatic rings. The third-order valence-electron chi connectivity index (χ3n) is 7.50. The third-order valence-corrected chi connectivity index (χ3v) is 7.50. The average molecular weight is 485 g/mol. The molecule has 2 bridgehead atoms. The Kier molecular flexibility index (Phi) is 5.44. The number of anilines is 1. The van der Waals surface area contributed by atoms with Gasteiger partial charge < -0.3 is 13.9 Å². The summed E-state index contributed by atoms with van der Waals surface area (Å²) in [7, 11) is 0. The molecule has 2 aromatic carbocycles. The standard InChI is InChI=1S/C28H23NO7/c30-21(16-9-11-19(12-10-16)36-28(33)23-6-3-13-34-23)15-35-22-5-2-1-4-20(22)29-26(31)24-17-7-8-18(14-17)25(24)27(29)32/h1-6,9-13,17-18,24-25H,7-8,14-15H2/t17-,18-,24-,25+/m0/s1. The first-order valence-electron chi connectivity index (χ1n) is 12.0. The Bertz CT molecular complexity index is 1320. The van der Waals surface area contributed by atoms with E-state index >= 15 is 0 Å². The second kappa shape index (κ2) is 8.78. The van der Waals surface area contributed by atoms with Crippen LogP contribution < -0.4 is 14.4 Å². The molecule has 4 atom stereocenters. The van der Waals surface area contributed by atoms with Crippen molar-refractivity contribution in [2.24, 2.45) is 23.7 Å². The van der Waals surface area contributed by atoms with E-state index in [4.69, 9.17) is 13.9 Å². The number of ether oxygens (including phenoxy) is 2. The zero-order valence-electron chi connectivity index (χ0n) is 19.3. The molecule has 0 unspecified atom stereocenters. The molecule has 2 saturated carbocycles. The van der Waals surface area contributed by atoms with E-state index in [0.29, 0.717) is 17.0 Å². The van der Waals surface area contributed by atoms with E-state index in [1.807, 2.05) is 0 Å². The van der Waals surface area contributed by atoms with E-state index in [9.17, 15) is 19.2 Å². The van der Waals surface area contributed by atoms with Gasteiger partial charge in [-0.3, -0.25) is 14.4 Å². The van der Waals surface area contributed by atoms with Gasteiger partial charge in [-0.1, -0.05) is 12.1 Å². The van der Waals surface area contributed by atoms with Gasteiger partial charge in [0.25, 0.3) is 0 Å². The van der Waals surface area contributed by atoms with E-state index in [-0.39, 0.29) is 59.4 Å². The van der Waals surface area contributed by atoms with Crippen molar-refractivity contribution in [1.29, 1.82) is 0 Å². The van der Waals surface area contributed by atoms with Gasteiger partial charge in [-0.05, 0) is 79.6 Å². The minimum atomic E-state index is -0.637. The molecule has 2 amide bonds. The Morgan fingerprint density at radius 1 is 0.889 bits per heavy atom. The molecular weight excluding hydrogens is 462 g/mol. The number of carbonyl (C=O) groups excluding carboxylic acids is 4. The summed E-state index contributed by atoms with van der Waals surface area (Å²) in [5.74, 6) is -0.474. The molecule has 2 aliphatic carbocycles. The van der Waals surface area contributed by atoms with E-state index in [2.05, 4.69) is 0 Å². The SMILES string of the molecule is O=C(COc1ccccc1N1C(=O)[C@@H]2[C@H]3CC[C@@H](C3)[C@@H]2C1=O)c1ccc(OC(=O)c2ccco2)cc1. The molecule has 0 radical (unpaired) electrons. The maximum atomic E-state index is 13.2. The number of furan rings is 1. The number of esters is 1. The van der Waals surface area contributed by atoms with Crippen LogP contribution in [0.5, 0.6) is 11.5 Å². The maximum Gasteiger partial charge on any atom is 0.379 e. The number of fused-ring (bicyclic) bond motifs is 5. The lowest BCUT2D eigenvalue weighted by Gasteiger charge is -2.20. The highest BCUT2D eigenvalue weighted by Gasteiger charge is 2.61. The summed E-state index contributed by atoms with van der Waals surface area (Å²) in [4.78, 5) is 52.5. The number of benzene rings is 2. The second-order valence-corrected chi connectivity index (χ2v) is 9.47. The van der Waals surface area contributed by atoms with Gasteiger partial charge in [0.15, 0.2) is 12.4 Å². The molecule has 8 nitrogen and oxygen atoms in total. The Morgan fingerprint density at radius 2 is 1.58 bits per heavy atom. The van der Waals surface area contributed by atoms with Gasteiger partial charge in [0.2, 0.25) is 17.6 Å². The van der Waals surface area contributed by atoms with Crippen LogP contribution in [0.2, 0.25) is 0 Å². The van der Waals surface area contributed by atoms with Crippen LogP contribution in [0, 0.1) is 23.7 Å². The van der Waals surface area contributed by atoms with Crippen LogP contribution in [0.4, 0.5) is 5.69 Å². The fourth-order valence-corrected chi connectivity index (χ4v) is 5.90. The number of para-hydroxylation sites is 2. The highest BCUT2D eigenvalue weighted by Crippen LogP contribution is 2.57. The van der Waals surface area contributed by atoms with Gasteiger partial charge in [-0.15, -0.1) is 0 Å². The van der Waals surface area contributed by atoms with Crippen molar-refractivity contribution >= 4 is 29.3 Å². The van der Waals surface area contributed by atoms with Crippen molar-refractivity contribution < 1.29 is 33.1 Å². The van der Waals surface area contributed by atoms with Crippen LogP contribution in [0.15, 0.2) is 71.3 Å². The number of ketones is 1. The van der Waals surface area contributed by atoms with Gasteiger partial charge in [0, 0.05) is 5.56 Å². The van der Waals surface area contributed by atoms with Gasteiger partial charge in [-0.2, -0.15) is 0 Å². The Morgan fingerprint density at radius 3 is 2.25 bits per heavy atom. The zero-order valence-corrected chi connectivity index (χ0v) is 19.3. The number of rotatable bonds is 7. The molecule has 3 fully saturated rings. The van der Waals surface area contributed by atoms with Crippen molar-refractivity contribution in [3.63, 3.8) is 0 Å². The van der Waals surface area contributed by atoms with Gasteiger partial charge in [-0.25, -0.2) is 9.69 Å². The average Bonchev–Trinajstić information content (AvgIpc) is 3.69. The Balaban J connectivity index is 1.13. The molecule has 3 aliphatic rings. The van der Waals surface area contributed by atoms with E-state index < -0.39 is 5.97 Å². The smallest absolute Gasteiger partial charge is 0.379 e. The van der Waals surface area contributed by atoms with Crippen LogP contribution in [0.3, 0.4) is 0 Å². The normalized spacial score (nSPS) is 24.2. The number of carbonyl (C=O) groups is 4. The summed E-state index contributed by atoms with van der Waals surface area (Å²) in [5, 5.41) is 0. The van der Waals surface area contributed by atoms with Crippen molar-refractivity contribution in [3.05, 3.63) is 78.3 Å². The predicted octanol–water partition coefficient (Wildman–Crippen LogP) is 4.30. The topological polar surface area (TPSA) is 103 Å². The summed E-state index contributed by atoms with van der Waals surface area (Å²) in [6, 6.07) is 16.0. The van der Waals surface area contributed by atoms with Crippen LogP contribution in [-0.4, -0.2) is 30.2 Å². The molecule has 2 heterocycles. The highest BCUT2D eigenvalue weighted by molar-refractivity contribution is 6.23. The summed E-state index contributed by atoms with van der Waals surface area (Å²) in [5.41, 5.74) is 0.749. The van der Waals surface area contributed by atoms with Gasteiger partial charge in [0.1, 0.15) is 11.5 Å². The lowest BCUT2D eigenvalue weighted by molar-refractivity contribution is -0.123. The number of hydrogen-bond acceptors (Lipinski definition) is 7. The third kappa shape index (κ3) is 3.69. The van der Waals surface area contributed by atoms with E-state index in [0.717, 1.165) is 19.3 Å². The lowest BCUT2D eigenvalue weighted by atomic mass is 9.81. The molecule has 1 saturated heterocycles. The quantitative estimate of drug-likeness (QED) is 0.213. The largest absolute Gasteiger partial charge is 0.483 e. The summed E-state index contributed by atoms with van der Waals surface area (Å²) < 4.78 is 16.0. The maximum absolute atomic E-state index is 13.2. The fourth-order valence-electron chi connectivity index (χ4n) is 5.90. The zero-order chi connectivity index (χ0) is 24.8. The first-order chi connectivity index (χ1) is 17.5. The number of amides is 2. The molecule has 6 rings (SSSR count). The second-order valence-electron chi connectivity index (χ2n) is 9.47. The van der Waals surface area contributed by atoms with Crippen molar-refractivity contribution in [1.82, 2.24) is 0 Å². The monoisotopic (exact) mass is 485 g/mol. The van der Waals surface area contributed by atoms with Gasteiger partial charge >= 0.3 is 5.97 Å². The summed E-state index contributed by atoms with van der Waals surface area (Å²) in [6.07, 6.45) is 4.36. The minimum Gasteiger partial charge on any atom is -0.483 e. The van der Waals surface area contributed by atoms with Crippen LogP contribution in [-0.2, 0) is 9.59 Å². The molecule has 1 aromatic heterocycles. The minimum absolute atomic E-state index is 0.0773. The lowest BCUT2D eigenvalue weighted by Crippen LogP contribution is -2.33. The van der Waals surface area contributed by atoms with E-state index in [1.165, 1.54) is 41.5 Å². The molecule has 0 spiro atoms. The van der Waals surface area contributed by atoms with Crippen molar-refractivity contribution in [3.8, 4) is 11.5 Å². The van der Waals surface area contributed by atoms with Crippen molar-refractivity contribution in [2.45, 2.75) is 19.3 Å². The molecule has 1 aliphatic heterocycles. The van der Waals surface area contributed by atoms with E-state index in [1.54, 1.807) is 30.3 Å².